The molecule has 0 saturated carbocycles. The van der Waals surface area contributed by atoms with Crippen molar-refractivity contribution in [2.75, 3.05) is 10.6 Å². The molecule has 4 rings (SSSR count). The lowest BCUT2D eigenvalue weighted by atomic mass is 9.95. The van der Waals surface area contributed by atoms with Crippen molar-refractivity contribution in [1.29, 1.82) is 0 Å². The lowest BCUT2D eigenvalue weighted by Gasteiger charge is -2.39. The van der Waals surface area contributed by atoms with Crippen LogP contribution in [0.3, 0.4) is 0 Å². The molecule has 1 aliphatic rings. The first-order valence-electron chi connectivity index (χ1n) is 7.00. The Kier molecular flexibility index (Phi) is 2.63. The first-order valence-corrected chi connectivity index (χ1v) is 7.38. The quantitative estimate of drug-likeness (QED) is 0.644. The molecule has 0 fully saturated rings. The molecule has 0 atom stereocenters. The maximum Gasteiger partial charge on any atom is 0.131 e. The van der Waals surface area contributed by atoms with Crippen molar-refractivity contribution in [1.82, 2.24) is 0 Å². The van der Waals surface area contributed by atoms with Gasteiger partial charge in [0.1, 0.15) is 5.66 Å². The topological polar surface area (TPSA) is 24.1 Å². The van der Waals surface area contributed by atoms with Crippen LogP contribution in [0.1, 0.15) is 12.5 Å². The summed E-state index contributed by atoms with van der Waals surface area (Å²) in [5, 5.41) is 10.5. The minimum absolute atomic E-state index is 0.354. The molecule has 0 amide bonds. The molecule has 2 N–H and O–H groups in total. The van der Waals surface area contributed by atoms with E-state index in [4.69, 9.17) is 11.6 Å². The largest absolute Gasteiger partial charge is 0.359 e. The summed E-state index contributed by atoms with van der Waals surface area (Å²) in [6.45, 7) is 2.14. The monoisotopic (exact) mass is 294 g/mol. The van der Waals surface area contributed by atoms with Gasteiger partial charge in [-0.1, -0.05) is 48.0 Å². The van der Waals surface area contributed by atoms with Crippen molar-refractivity contribution in [2.24, 2.45) is 0 Å². The van der Waals surface area contributed by atoms with Gasteiger partial charge >= 0.3 is 0 Å². The van der Waals surface area contributed by atoms with Crippen LogP contribution in [0, 0.1) is 0 Å². The predicted molar refractivity (Wildman–Crippen MR) is 90.0 cm³/mol. The predicted octanol–water partition coefficient (Wildman–Crippen LogP) is 5.20. The third kappa shape index (κ3) is 1.95. The molecule has 104 valence electrons. The Balaban J connectivity index is 1.87. The van der Waals surface area contributed by atoms with E-state index in [1.165, 1.54) is 10.8 Å². The van der Waals surface area contributed by atoms with E-state index >= 15 is 0 Å². The van der Waals surface area contributed by atoms with E-state index in [1.54, 1.807) is 0 Å². The number of rotatable bonds is 1. The van der Waals surface area contributed by atoms with Crippen LogP contribution in [0.4, 0.5) is 11.4 Å². The number of benzene rings is 3. The van der Waals surface area contributed by atoms with Crippen LogP contribution in [0.25, 0.3) is 10.8 Å². The summed E-state index contributed by atoms with van der Waals surface area (Å²) in [6, 6.07) is 20.6. The molecule has 0 aromatic heterocycles. The molecular weight excluding hydrogens is 280 g/mol. The second-order valence-corrected chi connectivity index (χ2v) is 6.03. The molecule has 3 aromatic carbocycles. The maximum absolute atomic E-state index is 6.00. The van der Waals surface area contributed by atoms with Crippen molar-refractivity contribution in [3.05, 3.63) is 71.2 Å². The Morgan fingerprint density at radius 2 is 1.38 bits per heavy atom. The highest BCUT2D eigenvalue weighted by Crippen LogP contribution is 2.41. The Hall–Kier alpha value is -2.19. The summed E-state index contributed by atoms with van der Waals surface area (Å²) in [5.74, 6) is 0. The van der Waals surface area contributed by atoms with Gasteiger partial charge in [-0.15, -0.1) is 0 Å². The molecule has 0 aliphatic carbocycles. The molecule has 1 aliphatic heterocycles. The Morgan fingerprint density at radius 3 is 1.95 bits per heavy atom. The van der Waals surface area contributed by atoms with Crippen molar-refractivity contribution >= 4 is 33.7 Å². The van der Waals surface area contributed by atoms with Gasteiger partial charge < -0.3 is 10.6 Å². The number of nitrogens with one attached hydrogen (secondary N) is 2. The second-order valence-electron chi connectivity index (χ2n) is 5.59. The Bertz CT molecular complexity index is 783. The summed E-state index contributed by atoms with van der Waals surface area (Å²) in [4.78, 5) is 0. The minimum Gasteiger partial charge on any atom is -0.359 e. The van der Waals surface area contributed by atoms with Crippen LogP contribution in [0.5, 0.6) is 0 Å². The van der Waals surface area contributed by atoms with Crippen molar-refractivity contribution < 1.29 is 0 Å². The molecule has 1 heterocycles. The molecule has 2 nitrogen and oxygen atoms in total. The summed E-state index contributed by atoms with van der Waals surface area (Å²) >= 11 is 6.00. The molecule has 3 aromatic rings. The fraction of sp³-hybridized carbons (Fsp3) is 0.111. The van der Waals surface area contributed by atoms with Crippen LogP contribution < -0.4 is 10.6 Å². The molecule has 21 heavy (non-hydrogen) atoms. The number of halogens is 1. The zero-order chi connectivity index (χ0) is 14.4. The number of hydrogen-bond acceptors (Lipinski definition) is 2. The van der Waals surface area contributed by atoms with Crippen LogP contribution in [-0.2, 0) is 5.66 Å². The summed E-state index contributed by atoms with van der Waals surface area (Å²) in [6.07, 6.45) is 0. The van der Waals surface area contributed by atoms with E-state index in [9.17, 15) is 0 Å². The molecule has 0 radical (unpaired) electrons. The van der Waals surface area contributed by atoms with Gasteiger partial charge in [-0.3, -0.25) is 0 Å². The number of anilines is 2. The van der Waals surface area contributed by atoms with Crippen molar-refractivity contribution in [3.63, 3.8) is 0 Å². The van der Waals surface area contributed by atoms with Crippen molar-refractivity contribution in [3.8, 4) is 0 Å². The average molecular weight is 295 g/mol. The van der Waals surface area contributed by atoms with Gasteiger partial charge in [-0.05, 0) is 42.1 Å². The summed E-state index contributed by atoms with van der Waals surface area (Å²) < 4.78 is 0. The highest BCUT2D eigenvalue weighted by molar-refractivity contribution is 6.30. The van der Waals surface area contributed by atoms with E-state index in [2.05, 4.69) is 66.1 Å². The van der Waals surface area contributed by atoms with Gasteiger partial charge in [0.2, 0.25) is 0 Å². The van der Waals surface area contributed by atoms with Gasteiger partial charge in [0.05, 0.1) is 0 Å². The van der Waals surface area contributed by atoms with Gasteiger partial charge in [0.25, 0.3) is 0 Å². The lowest BCUT2D eigenvalue weighted by Crippen LogP contribution is -2.42. The lowest BCUT2D eigenvalue weighted by molar-refractivity contribution is 0.625. The molecule has 3 heteroatoms. The Morgan fingerprint density at radius 1 is 0.810 bits per heavy atom. The molecule has 0 saturated heterocycles. The SMILES string of the molecule is CC1(c2ccc(Cl)cc2)Nc2cccc3cccc(c23)N1. The highest BCUT2D eigenvalue weighted by Gasteiger charge is 2.31. The molecule has 0 bridgehead atoms. The highest BCUT2D eigenvalue weighted by atomic mass is 35.5. The van der Waals surface area contributed by atoms with Gasteiger partial charge in [0.15, 0.2) is 0 Å². The smallest absolute Gasteiger partial charge is 0.131 e. The summed E-state index contributed by atoms with van der Waals surface area (Å²) in [7, 11) is 0. The standard InChI is InChI=1S/C18H15ClN2/c1-18(13-8-10-14(19)11-9-13)20-15-6-2-4-12-5-3-7-16(21-18)17(12)15/h2-11,20-21H,1H3. The van der Waals surface area contributed by atoms with Gasteiger partial charge in [0, 0.05) is 21.8 Å². The normalized spacial score (nSPS) is 15.3. The van der Waals surface area contributed by atoms with Crippen LogP contribution in [0.2, 0.25) is 5.02 Å². The zero-order valence-electron chi connectivity index (χ0n) is 11.7. The van der Waals surface area contributed by atoms with Gasteiger partial charge in [-0.25, -0.2) is 0 Å². The van der Waals surface area contributed by atoms with E-state index < -0.39 is 0 Å². The van der Waals surface area contributed by atoms with Crippen molar-refractivity contribution in [2.45, 2.75) is 12.6 Å². The van der Waals surface area contributed by atoms with E-state index in [0.29, 0.717) is 0 Å². The van der Waals surface area contributed by atoms with Gasteiger partial charge in [-0.2, -0.15) is 0 Å². The Labute approximate surface area is 128 Å². The average Bonchev–Trinajstić information content (AvgIpc) is 2.48. The second kappa shape index (κ2) is 4.40. The number of hydrogen-bond donors (Lipinski definition) is 2. The maximum atomic E-state index is 6.00. The minimum atomic E-state index is -0.354. The zero-order valence-corrected chi connectivity index (χ0v) is 12.4. The third-order valence-corrected chi connectivity index (χ3v) is 4.35. The van der Waals surface area contributed by atoms with E-state index in [-0.39, 0.29) is 5.66 Å². The van der Waals surface area contributed by atoms with Crippen LogP contribution in [0.15, 0.2) is 60.7 Å². The summed E-state index contributed by atoms with van der Waals surface area (Å²) in [5.41, 5.74) is 3.10. The fourth-order valence-corrected chi connectivity index (χ4v) is 3.17. The van der Waals surface area contributed by atoms with E-state index in [0.717, 1.165) is 22.0 Å². The molecule has 0 spiro atoms. The molecule has 0 unspecified atom stereocenters. The van der Waals surface area contributed by atoms with Crippen LogP contribution in [-0.4, -0.2) is 0 Å². The third-order valence-electron chi connectivity index (χ3n) is 4.10. The molecular formula is C18H15ClN2. The first-order chi connectivity index (χ1) is 10.2. The van der Waals surface area contributed by atoms with Crippen LogP contribution >= 0.6 is 11.6 Å². The first kappa shape index (κ1) is 12.5. The van der Waals surface area contributed by atoms with E-state index in [1.807, 2.05) is 12.1 Å². The fourth-order valence-electron chi connectivity index (χ4n) is 3.05.